The van der Waals surface area contributed by atoms with Gasteiger partial charge in [-0.2, -0.15) is 0 Å². The maximum absolute atomic E-state index is 11.6. The van der Waals surface area contributed by atoms with Gasteiger partial charge in [-0.05, 0) is 25.0 Å². The van der Waals surface area contributed by atoms with E-state index in [1.807, 2.05) is 18.2 Å². The Morgan fingerprint density at radius 1 is 1.41 bits per heavy atom. The topological polar surface area (TPSA) is 68.7 Å². The molecule has 1 spiro atoms. The first kappa shape index (κ1) is 15.9. The number of pyridine rings is 1. The lowest BCUT2D eigenvalue weighted by molar-refractivity contribution is -0.0343. The van der Waals surface area contributed by atoms with Crippen molar-refractivity contribution < 1.29 is 17.9 Å². The van der Waals surface area contributed by atoms with E-state index in [0.717, 1.165) is 25.0 Å². The van der Waals surface area contributed by atoms with Gasteiger partial charge in [0.15, 0.2) is 0 Å². The summed E-state index contributed by atoms with van der Waals surface area (Å²) >= 11 is 0. The lowest BCUT2D eigenvalue weighted by atomic mass is 9.89. The van der Waals surface area contributed by atoms with Crippen LogP contribution in [0.1, 0.15) is 25.0 Å². The van der Waals surface area contributed by atoms with E-state index in [4.69, 9.17) is 9.47 Å². The van der Waals surface area contributed by atoms with Crippen LogP contribution >= 0.6 is 0 Å². The molecule has 22 heavy (non-hydrogen) atoms. The van der Waals surface area contributed by atoms with E-state index in [9.17, 15) is 8.42 Å². The molecule has 6 nitrogen and oxygen atoms in total. The molecule has 0 bridgehead atoms. The van der Waals surface area contributed by atoms with Crippen LogP contribution in [0, 0.1) is 0 Å². The SMILES string of the molecule is CS(=O)(=O)N1CCC2(CC1)CC(OCc1ccccn1)CO2. The number of piperidine rings is 1. The van der Waals surface area contributed by atoms with Gasteiger partial charge in [-0.15, -0.1) is 0 Å². The van der Waals surface area contributed by atoms with Crippen LogP contribution in [0.15, 0.2) is 24.4 Å². The van der Waals surface area contributed by atoms with Crippen LogP contribution in [-0.2, 0) is 26.1 Å². The summed E-state index contributed by atoms with van der Waals surface area (Å²) in [6, 6.07) is 5.77. The molecule has 2 fully saturated rings. The zero-order valence-corrected chi connectivity index (χ0v) is 13.6. The van der Waals surface area contributed by atoms with Crippen LogP contribution in [0.3, 0.4) is 0 Å². The van der Waals surface area contributed by atoms with Crippen molar-refractivity contribution in [2.45, 2.75) is 37.6 Å². The van der Waals surface area contributed by atoms with Gasteiger partial charge in [-0.25, -0.2) is 12.7 Å². The molecule has 0 aromatic carbocycles. The maximum Gasteiger partial charge on any atom is 0.211 e. The summed E-state index contributed by atoms with van der Waals surface area (Å²) in [6.45, 7) is 2.13. The Labute approximate surface area is 131 Å². The minimum absolute atomic E-state index is 0.0618. The summed E-state index contributed by atoms with van der Waals surface area (Å²) in [5, 5.41) is 0. The normalized spacial score (nSPS) is 25.6. The highest BCUT2D eigenvalue weighted by molar-refractivity contribution is 7.88. The Kier molecular flexibility index (Phi) is 4.49. The molecule has 0 amide bonds. The van der Waals surface area contributed by atoms with Crippen molar-refractivity contribution in [2.24, 2.45) is 0 Å². The minimum atomic E-state index is -3.09. The quantitative estimate of drug-likeness (QED) is 0.831. The van der Waals surface area contributed by atoms with Crippen LogP contribution < -0.4 is 0 Å². The third-order valence-electron chi connectivity index (χ3n) is 4.47. The minimum Gasteiger partial charge on any atom is -0.372 e. The number of hydrogen-bond acceptors (Lipinski definition) is 5. The molecule has 122 valence electrons. The van der Waals surface area contributed by atoms with Crippen molar-refractivity contribution in [1.29, 1.82) is 0 Å². The standard InChI is InChI=1S/C15H22N2O4S/c1-22(18,19)17-8-5-15(6-9-17)10-14(12-21-15)20-11-13-4-2-3-7-16-13/h2-4,7,14H,5-6,8-12H2,1H3. The first-order valence-electron chi connectivity index (χ1n) is 7.57. The Balaban J connectivity index is 1.50. The predicted octanol–water partition coefficient (Wildman–Crippen LogP) is 1.18. The van der Waals surface area contributed by atoms with Crippen molar-refractivity contribution >= 4 is 10.0 Å². The van der Waals surface area contributed by atoms with Gasteiger partial charge in [0.1, 0.15) is 0 Å². The van der Waals surface area contributed by atoms with Gasteiger partial charge in [0.05, 0.1) is 36.9 Å². The molecule has 2 saturated heterocycles. The second-order valence-electron chi connectivity index (χ2n) is 6.11. The largest absolute Gasteiger partial charge is 0.372 e. The van der Waals surface area contributed by atoms with E-state index in [-0.39, 0.29) is 11.7 Å². The van der Waals surface area contributed by atoms with E-state index >= 15 is 0 Å². The summed E-state index contributed by atoms with van der Waals surface area (Å²) in [4.78, 5) is 4.24. The van der Waals surface area contributed by atoms with Crippen molar-refractivity contribution in [3.8, 4) is 0 Å². The molecule has 2 aliphatic rings. The molecule has 0 radical (unpaired) electrons. The highest BCUT2D eigenvalue weighted by Gasteiger charge is 2.44. The van der Waals surface area contributed by atoms with Crippen LogP contribution in [0.4, 0.5) is 0 Å². The van der Waals surface area contributed by atoms with Gasteiger partial charge in [-0.1, -0.05) is 6.07 Å². The van der Waals surface area contributed by atoms with Crippen molar-refractivity contribution in [3.05, 3.63) is 30.1 Å². The monoisotopic (exact) mass is 326 g/mol. The van der Waals surface area contributed by atoms with E-state index in [2.05, 4.69) is 4.98 Å². The van der Waals surface area contributed by atoms with Gasteiger partial charge in [0.25, 0.3) is 0 Å². The second kappa shape index (κ2) is 6.23. The highest BCUT2D eigenvalue weighted by Crippen LogP contribution is 2.37. The molecule has 0 saturated carbocycles. The number of nitrogens with zero attached hydrogens (tertiary/aromatic N) is 2. The molecule has 1 unspecified atom stereocenters. The molecule has 3 rings (SSSR count). The zero-order chi connectivity index (χ0) is 15.6. The lowest BCUT2D eigenvalue weighted by Crippen LogP contribution is -2.46. The average Bonchev–Trinajstić information content (AvgIpc) is 2.89. The number of hydrogen-bond donors (Lipinski definition) is 0. The molecule has 1 aromatic rings. The maximum atomic E-state index is 11.6. The number of ether oxygens (including phenoxy) is 2. The third kappa shape index (κ3) is 3.65. The van der Waals surface area contributed by atoms with Crippen molar-refractivity contribution in [1.82, 2.24) is 9.29 Å². The third-order valence-corrected chi connectivity index (χ3v) is 5.77. The highest BCUT2D eigenvalue weighted by atomic mass is 32.2. The summed E-state index contributed by atoms with van der Waals surface area (Å²) in [6.07, 6.45) is 5.39. The molecule has 2 aliphatic heterocycles. The molecule has 0 N–H and O–H groups in total. The Morgan fingerprint density at radius 2 is 2.18 bits per heavy atom. The van der Waals surface area contributed by atoms with Crippen LogP contribution in [-0.4, -0.2) is 55.4 Å². The first-order valence-corrected chi connectivity index (χ1v) is 9.42. The van der Waals surface area contributed by atoms with Crippen LogP contribution in [0.25, 0.3) is 0 Å². The molecule has 0 aliphatic carbocycles. The van der Waals surface area contributed by atoms with Crippen molar-refractivity contribution in [2.75, 3.05) is 26.0 Å². The Bertz CT molecular complexity index is 597. The van der Waals surface area contributed by atoms with E-state index < -0.39 is 10.0 Å². The molecule has 1 atom stereocenters. The van der Waals surface area contributed by atoms with Gasteiger partial charge >= 0.3 is 0 Å². The van der Waals surface area contributed by atoms with Crippen LogP contribution in [0.2, 0.25) is 0 Å². The summed E-state index contributed by atoms with van der Waals surface area (Å²) in [5.41, 5.74) is 0.700. The summed E-state index contributed by atoms with van der Waals surface area (Å²) in [7, 11) is -3.09. The van der Waals surface area contributed by atoms with E-state index in [0.29, 0.717) is 26.3 Å². The average molecular weight is 326 g/mol. The molecule has 3 heterocycles. The number of sulfonamides is 1. The fraction of sp³-hybridized carbons (Fsp3) is 0.667. The van der Waals surface area contributed by atoms with Gasteiger partial charge < -0.3 is 9.47 Å². The van der Waals surface area contributed by atoms with Gasteiger partial charge in [0.2, 0.25) is 10.0 Å². The number of aromatic nitrogens is 1. The molecule has 1 aromatic heterocycles. The Hall–Kier alpha value is -1.02. The fourth-order valence-electron chi connectivity index (χ4n) is 3.17. The Morgan fingerprint density at radius 3 is 2.82 bits per heavy atom. The summed E-state index contributed by atoms with van der Waals surface area (Å²) in [5.74, 6) is 0. The van der Waals surface area contributed by atoms with E-state index in [1.165, 1.54) is 10.6 Å². The molecular weight excluding hydrogens is 304 g/mol. The second-order valence-corrected chi connectivity index (χ2v) is 8.10. The molecular formula is C15H22N2O4S. The lowest BCUT2D eigenvalue weighted by Gasteiger charge is -2.37. The van der Waals surface area contributed by atoms with Crippen molar-refractivity contribution in [3.63, 3.8) is 0 Å². The predicted molar refractivity (Wildman–Crippen MR) is 81.8 cm³/mol. The fourth-order valence-corrected chi connectivity index (χ4v) is 4.02. The number of rotatable bonds is 4. The first-order chi connectivity index (χ1) is 10.5. The zero-order valence-electron chi connectivity index (χ0n) is 12.8. The summed E-state index contributed by atoms with van der Waals surface area (Å²) < 4.78 is 36.5. The molecule has 7 heteroatoms. The smallest absolute Gasteiger partial charge is 0.211 e. The van der Waals surface area contributed by atoms with Crippen LogP contribution in [0.5, 0.6) is 0 Å². The van der Waals surface area contributed by atoms with Gasteiger partial charge in [0, 0.05) is 25.7 Å². The van der Waals surface area contributed by atoms with Gasteiger partial charge in [-0.3, -0.25) is 4.98 Å². The van der Waals surface area contributed by atoms with E-state index in [1.54, 1.807) is 6.20 Å².